The monoisotopic (exact) mass is 448 g/mol. The third-order valence-corrected chi connectivity index (χ3v) is 6.23. The molecule has 7 nitrogen and oxygen atoms in total. The van der Waals surface area contributed by atoms with E-state index in [1.165, 1.54) is 18.4 Å². The summed E-state index contributed by atoms with van der Waals surface area (Å²) in [5.74, 6) is -0.856. The molecule has 0 fully saturated rings. The van der Waals surface area contributed by atoms with Gasteiger partial charge in [0.05, 0.1) is 18.7 Å². The van der Waals surface area contributed by atoms with Gasteiger partial charge in [0.25, 0.3) is 5.91 Å². The first kappa shape index (κ1) is 22.0. The van der Waals surface area contributed by atoms with Gasteiger partial charge in [-0.25, -0.2) is 9.69 Å². The zero-order valence-corrected chi connectivity index (χ0v) is 18.2. The Morgan fingerprint density at radius 3 is 2.73 bits per heavy atom. The minimum atomic E-state index is -0.783. The fraction of sp³-hybridized carbons (Fsp3) is 0.333. The van der Waals surface area contributed by atoms with E-state index in [9.17, 15) is 19.7 Å². The second kappa shape index (κ2) is 9.40. The maximum absolute atomic E-state index is 13.3. The van der Waals surface area contributed by atoms with E-state index in [-0.39, 0.29) is 17.4 Å². The van der Waals surface area contributed by atoms with Gasteiger partial charge in [-0.1, -0.05) is 36.6 Å². The first-order valence-electron chi connectivity index (χ1n) is 9.46. The lowest BCUT2D eigenvalue weighted by atomic mass is 9.89. The van der Waals surface area contributed by atoms with Crippen molar-refractivity contribution in [2.24, 2.45) is 0 Å². The molecule has 3 rings (SSSR count). The normalized spacial score (nSPS) is 15.7. The van der Waals surface area contributed by atoms with Crippen LogP contribution >= 0.6 is 22.9 Å². The molecule has 0 N–H and O–H groups in total. The van der Waals surface area contributed by atoms with Gasteiger partial charge < -0.3 is 4.74 Å². The molecule has 158 valence electrons. The van der Waals surface area contributed by atoms with E-state index in [0.29, 0.717) is 34.7 Å². The summed E-state index contributed by atoms with van der Waals surface area (Å²) in [6.45, 7) is 1.74. The average Bonchev–Trinajstić information content (AvgIpc) is 3.32. The van der Waals surface area contributed by atoms with Crippen LogP contribution < -0.4 is 4.90 Å². The van der Waals surface area contributed by atoms with Crippen LogP contribution in [0.4, 0.5) is 10.5 Å². The summed E-state index contributed by atoms with van der Waals surface area (Å²) < 4.78 is 4.80. The highest BCUT2D eigenvalue weighted by Gasteiger charge is 2.39. The van der Waals surface area contributed by atoms with Gasteiger partial charge in [0, 0.05) is 26.0 Å². The van der Waals surface area contributed by atoms with Crippen LogP contribution in [0.15, 0.2) is 41.3 Å². The van der Waals surface area contributed by atoms with Gasteiger partial charge >= 0.3 is 6.09 Å². The van der Waals surface area contributed by atoms with E-state index in [0.717, 1.165) is 21.8 Å². The Bertz CT molecular complexity index is 1000. The summed E-state index contributed by atoms with van der Waals surface area (Å²) in [5.41, 5.74) is 2.11. The van der Waals surface area contributed by atoms with Gasteiger partial charge in [-0.05, 0) is 42.5 Å². The van der Waals surface area contributed by atoms with Crippen LogP contribution in [0.1, 0.15) is 42.5 Å². The minimum absolute atomic E-state index is 0.238. The molecule has 0 unspecified atom stereocenters. The van der Waals surface area contributed by atoms with Crippen LogP contribution in [-0.2, 0) is 9.53 Å². The molecule has 0 bridgehead atoms. The van der Waals surface area contributed by atoms with Crippen molar-refractivity contribution in [3.05, 3.63) is 66.9 Å². The molecule has 1 aliphatic heterocycles. The van der Waals surface area contributed by atoms with Gasteiger partial charge in [-0.3, -0.25) is 14.9 Å². The Morgan fingerprint density at radius 2 is 2.13 bits per heavy atom. The van der Waals surface area contributed by atoms with Crippen molar-refractivity contribution >= 4 is 46.2 Å². The number of carbonyl (C=O) groups is 2. The molecule has 30 heavy (non-hydrogen) atoms. The fourth-order valence-corrected chi connectivity index (χ4v) is 4.73. The number of nitrogens with zero attached hydrogens (tertiary/aromatic N) is 2. The summed E-state index contributed by atoms with van der Waals surface area (Å²) >= 11 is 7.63. The first-order valence-corrected chi connectivity index (χ1v) is 10.7. The van der Waals surface area contributed by atoms with Crippen LogP contribution in [0, 0.1) is 10.1 Å². The summed E-state index contributed by atoms with van der Waals surface area (Å²) in [7, 11) is 1.21. The number of imide groups is 1. The number of benzene rings is 1. The van der Waals surface area contributed by atoms with E-state index < -0.39 is 12.0 Å². The molecule has 0 saturated carbocycles. The molecule has 0 aliphatic carbocycles. The summed E-state index contributed by atoms with van der Waals surface area (Å²) in [4.78, 5) is 38.4. The molecular formula is C21H21ClN2O5S. The number of hydrogen-bond donors (Lipinski definition) is 0. The van der Waals surface area contributed by atoms with Gasteiger partial charge in [0.2, 0.25) is 6.54 Å². The molecule has 2 aromatic rings. The lowest BCUT2D eigenvalue weighted by Crippen LogP contribution is -2.33. The van der Waals surface area contributed by atoms with Gasteiger partial charge in [-0.15, -0.1) is 11.3 Å². The van der Waals surface area contributed by atoms with Crippen molar-refractivity contribution < 1.29 is 19.2 Å². The Labute approximate surface area is 183 Å². The van der Waals surface area contributed by atoms with Crippen LogP contribution in [-0.4, -0.2) is 30.6 Å². The summed E-state index contributed by atoms with van der Waals surface area (Å²) in [5, 5.41) is 13.6. The van der Waals surface area contributed by atoms with Crippen LogP contribution in [0.25, 0.3) is 5.57 Å². The molecule has 0 radical (unpaired) electrons. The Balaban J connectivity index is 2.13. The van der Waals surface area contributed by atoms with Gasteiger partial charge in [0.15, 0.2) is 0 Å². The van der Waals surface area contributed by atoms with Gasteiger partial charge in [-0.2, -0.15) is 0 Å². The highest BCUT2D eigenvalue weighted by Crippen LogP contribution is 2.43. The van der Waals surface area contributed by atoms with Crippen molar-refractivity contribution in [1.29, 1.82) is 0 Å². The topological polar surface area (TPSA) is 89.8 Å². The average molecular weight is 449 g/mol. The fourth-order valence-electron chi connectivity index (χ4n) is 3.74. The van der Waals surface area contributed by atoms with Crippen molar-refractivity contribution in [3.8, 4) is 0 Å². The lowest BCUT2D eigenvalue weighted by molar-refractivity contribution is -0.483. The molecule has 1 aromatic carbocycles. The van der Waals surface area contributed by atoms with Crippen LogP contribution in [0.2, 0.25) is 5.02 Å². The maximum Gasteiger partial charge on any atom is 0.421 e. The number of thiophene rings is 1. The molecule has 0 saturated heterocycles. The molecule has 0 spiro atoms. The van der Waals surface area contributed by atoms with Crippen LogP contribution in [0.3, 0.4) is 0 Å². The first-order chi connectivity index (χ1) is 14.4. The summed E-state index contributed by atoms with van der Waals surface area (Å²) in [6.07, 6.45) is 0.879. The third-order valence-electron chi connectivity index (χ3n) is 4.96. The van der Waals surface area contributed by atoms with E-state index in [1.807, 2.05) is 24.4 Å². The van der Waals surface area contributed by atoms with E-state index in [4.69, 9.17) is 16.3 Å². The number of allylic oxidation sites excluding steroid dienone is 1. The Kier molecular flexibility index (Phi) is 6.89. The van der Waals surface area contributed by atoms with Crippen LogP contribution in [0.5, 0.6) is 0 Å². The predicted octanol–water partition coefficient (Wildman–Crippen LogP) is 5.52. The highest BCUT2D eigenvalue weighted by molar-refractivity contribution is 7.10. The van der Waals surface area contributed by atoms with Gasteiger partial charge in [0.1, 0.15) is 0 Å². The molecule has 1 aromatic heterocycles. The number of fused-ring (bicyclic) bond motifs is 1. The lowest BCUT2D eigenvalue weighted by Gasteiger charge is -2.17. The zero-order valence-electron chi connectivity index (χ0n) is 16.6. The standard InChI is InChI=1S/C21H21ClN2O5S/c1-3-5-13(10-14(12-23(27)28)18-6-4-9-30-18)19-16-11-15(22)7-8-17(16)24(20(19)25)21(26)29-2/h4,6-9,11,14H,3,5,10,12H2,1-2H3/b19-13-/t14-/m1/s1. The number of nitro groups is 1. The second-order valence-electron chi connectivity index (χ2n) is 6.93. The zero-order chi connectivity index (χ0) is 21.8. The van der Waals surface area contributed by atoms with Crippen molar-refractivity contribution in [1.82, 2.24) is 0 Å². The Morgan fingerprint density at radius 1 is 1.37 bits per heavy atom. The predicted molar refractivity (Wildman–Crippen MR) is 117 cm³/mol. The number of amides is 2. The smallest absolute Gasteiger partial charge is 0.421 e. The van der Waals surface area contributed by atoms with E-state index >= 15 is 0 Å². The Hall–Kier alpha value is -2.71. The number of ether oxygens (including phenoxy) is 1. The molecule has 1 atom stereocenters. The summed E-state index contributed by atoms with van der Waals surface area (Å²) in [6, 6.07) is 8.59. The maximum atomic E-state index is 13.3. The number of halogens is 1. The number of carbonyl (C=O) groups excluding carboxylic acids is 2. The number of hydrogen-bond acceptors (Lipinski definition) is 6. The van der Waals surface area contributed by atoms with Crippen molar-refractivity contribution in [2.75, 3.05) is 18.6 Å². The highest BCUT2D eigenvalue weighted by atomic mass is 35.5. The molecule has 9 heteroatoms. The molecule has 1 aliphatic rings. The third kappa shape index (κ3) is 4.39. The van der Waals surface area contributed by atoms with Crippen molar-refractivity contribution in [2.45, 2.75) is 32.1 Å². The van der Waals surface area contributed by atoms with E-state index in [1.54, 1.807) is 18.2 Å². The largest absolute Gasteiger partial charge is 0.452 e. The SMILES string of the molecule is CCC/C(C[C@H](C[N+](=O)[O-])c1cccs1)=C1/C(=O)N(C(=O)OC)c2ccc(Cl)cc21. The quantitative estimate of drug-likeness (QED) is 0.316. The number of anilines is 1. The van der Waals surface area contributed by atoms with Crippen molar-refractivity contribution in [3.63, 3.8) is 0 Å². The molecule has 2 amide bonds. The molecule has 2 heterocycles. The second-order valence-corrected chi connectivity index (χ2v) is 8.35. The number of methoxy groups -OCH3 is 1. The minimum Gasteiger partial charge on any atom is -0.452 e. The van der Waals surface area contributed by atoms with E-state index in [2.05, 4.69) is 0 Å². The number of rotatable bonds is 7. The molecular weight excluding hydrogens is 428 g/mol.